The van der Waals surface area contributed by atoms with E-state index in [1.54, 1.807) is 12.2 Å². The number of carbonyl (C=O) groups excluding carboxylic acids is 2. The van der Waals surface area contributed by atoms with Gasteiger partial charge in [0.15, 0.2) is 23.5 Å². The Bertz CT molecular complexity index is 893. The second kappa shape index (κ2) is 7.33. The zero-order valence-electron chi connectivity index (χ0n) is 19.5. The number of aliphatic hydroxyl groups excluding tert-OH is 2. The number of rotatable bonds is 4. The Morgan fingerprint density at radius 2 is 2.03 bits per heavy atom. The number of carbonyl (C=O) groups is 2. The molecule has 6 heteroatoms. The zero-order chi connectivity index (χ0) is 23.1. The van der Waals surface area contributed by atoms with E-state index in [1.807, 2.05) is 6.08 Å². The van der Waals surface area contributed by atoms with E-state index in [4.69, 9.17) is 9.47 Å². The van der Waals surface area contributed by atoms with Crippen LogP contribution in [0.3, 0.4) is 0 Å². The number of ketones is 2. The third-order valence-electron chi connectivity index (χ3n) is 9.69. The number of allylic oxidation sites excluding steroid dienone is 4. The number of aliphatic hydroxyl groups is 2. The summed E-state index contributed by atoms with van der Waals surface area (Å²) in [6.07, 6.45) is 7.47. The van der Waals surface area contributed by atoms with E-state index in [0.717, 1.165) is 18.4 Å². The van der Waals surface area contributed by atoms with Crippen LogP contribution in [0.2, 0.25) is 0 Å². The second-order valence-corrected chi connectivity index (χ2v) is 11.3. The molecule has 5 aliphatic rings. The zero-order valence-corrected chi connectivity index (χ0v) is 19.5. The standard InChI is InChI=1S/C26H36O6/c1-5-6-22-31-21-11-18-16-9-14(2)17-10-15(28)7-8-24(17,3)23(16)19(29)12-25(18,4)26(21,32-22)20(30)13-27/h7-8,10,14,16,18-19,21-23,27,29H,5-6,9,11-13H2,1-4H3/t14-,16-,18-,19-,21+,22?,23+,24-,25-,26+/m0/s1. The van der Waals surface area contributed by atoms with Crippen molar-refractivity contribution in [3.8, 4) is 0 Å². The van der Waals surface area contributed by atoms with Gasteiger partial charge >= 0.3 is 0 Å². The van der Waals surface area contributed by atoms with Crippen molar-refractivity contribution < 1.29 is 29.3 Å². The molecule has 2 N–H and O–H groups in total. The molecule has 0 radical (unpaired) electrons. The summed E-state index contributed by atoms with van der Waals surface area (Å²) >= 11 is 0. The van der Waals surface area contributed by atoms with Gasteiger partial charge in [0.25, 0.3) is 0 Å². The highest BCUT2D eigenvalue weighted by atomic mass is 16.7. The molecule has 6 nitrogen and oxygen atoms in total. The summed E-state index contributed by atoms with van der Waals surface area (Å²) in [5, 5.41) is 21.5. The van der Waals surface area contributed by atoms with Gasteiger partial charge in [-0.3, -0.25) is 9.59 Å². The molecule has 0 bridgehead atoms. The Kier molecular flexibility index (Phi) is 5.14. The van der Waals surface area contributed by atoms with Crippen molar-refractivity contribution in [2.75, 3.05) is 6.61 Å². The maximum atomic E-state index is 13.3. The monoisotopic (exact) mass is 444 g/mol. The van der Waals surface area contributed by atoms with Crippen molar-refractivity contribution in [2.45, 2.75) is 83.9 Å². The molecule has 5 rings (SSSR count). The molecule has 0 spiro atoms. The third-order valence-corrected chi connectivity index (χ3v) is 9.69. The molecule has 32 heavy (non-hydrogen) atoms. The van der Waals surface area contributed by atoms with Gasteiger partial charge in [0.1, 0.15) is 6.61 Å². The lowest BCUT2D eigenvalue weighted by Crippen LogP contribution is -2.64. The fraction of sp³-hybridized carbons (Fsp3) is 0.769. The second-order valence-electron chi connectivity index (χ2n) is 11.3. The molecule has 10 atom stereocenters. The molecular formula is C26H36O6. The van der Waals surface area contributed by atoms with Gasteiger partial charge in [0, 0.05) is 16.7 Å². The summed E-state index contributed by atoms with van der Waals surface area (Å²) in [7, 11) is 0. The maximum absolute atomic E-state index is 13.3. The molecule has 1 saturated heterocycles. The van der Waals surface area contributed by atoms with Crippen molar-refractivity contribution in [1.82, 2.24) is 0 Å². The van der Waals surface area contributed by atoms with Gasteiger partial charge in [0.2, 0.25) is 0 Å². The van der Waals surface area contributed by atoms with Crippen LogP contribution in [0.25, 0.3) is 0 Å². The topological polar surface area (TPSA) is 93.1 Å². The molecule has 3 saturated carbocycles. The van der Waals surface area contributed by atoms with E-state index >= 15 is 0 Å². The SMILES string of the molecule is CCCC1O[C@@H]2C[C@H]3[C@@H]4C[C@H](C)C5=CC(=O)C=C[C@]5(C)[C@H]4[C@@H](O)C[C@]3(C)[C@]2(C(=O)CO)O1. The first kappa shape index (κ1) is 22.5. The molecule has 1 heterocycles. The summed E-state index contributed by atoms with van der Waals surface area (Å²) in [5.41, 5.74) is -1.10. The molecule has 1 aliphatic heterocycles. The van der Waals surface area contributed by atoms with E-state index in [9.17, 15) is 19.8 Å². The average molecular weight is 445 g/mol. The normalized spacial score (nSPS) is 51.5. The van der Waals surface area contributed by atoms with Crippen molar-refractivity contribution >= 4 is 11.6 Å². The van der Waals surface area contributed by atoms with Crippen molar-refractivity contribution in [1.29, 1.82) is 0 Å². The Morgan fingerprint density at radius 3 is 2.72 bits per heavy atom. The fourth-order valence-electron chi connectivity index (χ4n) is 8.55. The minimum Gasteiger partial charge on any atom is -0.393 e. The van der Waals surface area contributed by atoms with Crippen LogP contribution in [0.4, 0.5) is 0 Å². The molecule has 0 aromatic rings. The van der Waals surface area contributed by atoms with Crippen LogP contribution in [0.15, 0.2) is 23.8 Å². The summed E-state index contributed by atoms with van der Waals surface area (Å²) in [4.78, 5) is 25.4. The smallest absolute Gasteiger partial charge is 0.193 e. The number of hydrogen-bond acceptors (Lipinski definition) is 6. The Labute approximate surface area is 190 Å². The number of Topliss-reactive ketones (excluding diaryl/α,β-unsaturated/α-hetero) is 1. The first-order chi connectivity index (χ1) is 15.1. The van der Waals surface area contributed by atoms with Crippen molar-refractivity contribution in [3.05, 3.63) is 23.8 Å². The first-order valence-corrected chi connectivity index (χ1v) is 12.2. The van der Waals surface area contributed by atoms with Crippen molar-refractivity contribution in [2.24, 2.45) is 34.5 Å². The van der Waals surface area contributed by atoms with Gasteiger partial charge in [-0.05, 0) is 55.6 Å². The number of hydrogen-bond donors (Lipinski definition) is 2. The van der Waals surface area contributed by atoms with Crippen LogP contribution in [-0.4, -0.2) is 52.5 Å². The number of fused-ring (bicyclic) bond motifs is 7. The maximum Gasteiger partial charge on any atom is 0.193 e. The van der Waals surface area contributed by atoms with Crippen LogP contribution in [-0.2, 0) is 19.1 Å². The van der Waals surface area contributed by atoms with Crippen LogP contribution in [0.1, 0.15) is 59.8 Å². The largest absolute Gasteiger partial charge is 0.393 e. The van der Waals surface area contributed by atoms with E-state index in [-0.39, 0.29) is 40.7 Å². The minimum atomic E-state index is -1.21. The summed E-state index contributed by atoms with van der Waals surface area (Å²) in [6, 6.07) is 0. The quantitative estimate of drug-likeness (QED) is 0.693. The van der Waals surface area contributed by atoms with E-state index in [2.05, 4.69) is 27.7 Å². The molecule has 0 aromatic heterocycles. The number of ether oxygens (including phenoxy) is 2. The predicted octanol–water partition coefficient (Wildman–Crippen LogP) is 2.96. The van der Waals surface area contributed by atoms with Gasteiger partial charge in [-0.2, -0.15) is 0 Å². The highest BCUT2D eigenvalue weighted by Gasteiger charge is 2.75. The molecular weight excluding hydrogens is 408 g/mol. The lowest BCUT2D eigenvalue weighted by Gasteiger charge is -2.61. The van der Waals surface area contributed by atoms with Gasteiger partial charge in [-0.25, -0.2) is 0 Å². The average Bonchev–Trinajstić information content (AvgIpc) is 3.21. The molecule has 4 fully saturated rings. The first-order valence-electron chi connectivity index (χ1n) is 12.2. The minimum absolute atomic E-state index is 0.0181. The molecule has 0 amide bonds. The highest BCUT2D eigenvalue weighted by Crippen LogP contribution is 2.70. The Balaban J connectivity index is 1.58. The van der Waals surface area contributed by atoms with Gasteiger partial charge < -0.3 is 19.7 Å². The third kappa shape index (κ3) is 2.67. The van der Waals surface area contributed by atoms with Gasteiger partial charge in [0.05, 0.1) is 12.2 Å². The van der Waals surface area contributed by atoms with Crippen molar-refractivity contribution in [3.63, 3.8) is 0 Å². The fourth-order valence-corrected chi connectivity index (χ4v) is 8.55. The summed E-state index contributed by atoms with van der Waals surface area (Å²) in [6.45, 7) is 7.85. The van der Waals surface area contributed by atoms with E-state index in [0.29, 0.717) is 19.3 Å². The van der Waals surface area contributed by atoms with Crippen LogP contribution in [0, 0.1) is 34.5 Å². The Morgan fingerprint density at radius 1 is 1.28 bits per heavy atom. The molecule has 4 aliphatic carbocycles. The summed E-state index contributed by atoms with van der Waals surface area (Å²) in [5.74, 6) is 0.179. The lowest BCUT2D eigenvalue weighted by atomic mass is 9.44. The Hall–Kier alpha value is -1.34. The van der Waals surface area contributed by atoms with Gasteiger partial charge in [-0.15, -0.1) is 0 Å². The summed E-state index contributed by atoms with van der Waals surface area (Å²) < 4.78 is 12.7. The molecule has 1 unspecified atom stereocenters. The molecule has 0 aromatic carbocycles. The highest BCUT2D eigenvalue weighted by molar-refractivity contribution is 6.01. The van der Waals surface area contributed by atoms with Crippen LogP contribution < -0.4 is 0 Å². The lowest BCUT2D eigenvalue weighted by molar-refractivity contribution is -0.201. The van der Waals surface area contributed by atoms with Gasteiger partial charge in [-0.1, -0.05) is 45.8 Å². The predicted molar refractivity (Wildman–Crippen MR) is 117 cm³/mol. The van der Waals surface area contributed by atoms with Crippen LogP contribution >= 0.6 is 0 Å². The van der Waals surface area contributed by atoms with Crippen LogP contribution in [0.5, 0.6) is 0 Å². The van der Waals surface area contributed by atoms with E-state index in [1.165, 1.54) is 0 Å². The molecule has 176 valence electrons. The van der Waals surface area contributed by atoms with E-state index < -0.39 is 36.1 Å².